The predicted molar refractivity (Wildman–Crippen MR) is 109 cm³/mol. The fraction of sp³-hybridized carbons (Fsp3) is 1.00. The molecule has 0 aliphatic carbocycles. The maximum absolute atomic E-state index is 8.74. The van der Waals surface area contributed by atoms with Crippen LogP contribution in [-0.2, 0) is 14.2 Å². The van der Waals surface area contributed by atoms with E-state index in [2.05, 4.69) is 20.8 Å². The molecular formula is C20H46O7. The smallest absolute Gasteiger partial charge is 0.0770 e. The van der Waals surface area contributed by atoms with Crippen LogP contribution in [0, 0.1) is 0 Å². The second-order valence-electron chi connectivity index (χ2n) is 5.97. The number of hydrogen-bond acceptors (Lipinski definition) is 7. The van der Waals surface area contributed by atoms with Gasteiger partial charge in [0.1, 0.15) is 0 Å². The second kappa shape index (κ2) is 33.3. The Bertz CT molecular complexity index is 205. The molecule has 0 aromatic rings. The third-order valence-electron chi connectivity index (χ3n) is 3.23. The quantitative estimate of drug-likeness (QED) is 0.278. The van der Waals surface area contributed by atoms with Crippen molar-refractivity contribution in [1.29, 1.82) is 0 Å². The van der Waals surface area contributed by atoms with Crippen molar-refractivity contribution in [3.05, 3.63) is 0 Å². The van der Waals surface area contributed by atoms with E-state index in [9.17, 15) is 0 Å². The summed E-state index contributed by atoms with van der Waals surface area (Å²) in [6.07, 6.45) is 7.23. The molecule has 1 atom stereocenters. The highest BCUT2D eigenvalue weighted by Gasteiger charge is 1.97. The van der Waals surface area contributed by atoms with Crippen molar-refractivity contribution in [2.75, 3.05) is 59.5 Å². The van der Waals surface area contributed by atoms with Crippen LogP contribution in [0.25, 0.3) is 0 Å². The third kappa shape index (κ3) is 41.3. The van der Waals surface area contributed by atoms with E-state index >= 15 is 0 Å². The Labute approximate surface area is 166 Å². The molecule has 7 nitrogen and oxygen atoms in total. The van der Waals surface area contributed by atoms with Crippen LogP contribution in [0.1, 0.15) is 65.7 Å². The van der Waals surface area contributed by atoms with E-state index in [-0.39, 0.29) is 19.8 Å². The summed E-state index contributed by atoms with van der Waals surface area (Å²) >= 11 is 0. The van der Waals surface area contributed by atoms with Crippen LogP contribution in [0.2, 0.25) is 0 Å². The molecule has 0 fully saturated rings. The van der Waals surface area contributed by atoms with Gasteiger partial charge in [0.05, 0.1) is 52.4 Å². The maximum Gasteiger partial charge on any atom is 0.0770 e. The zero-order valence-corrected chi connectivity index (χ0v) is 17.9. The summed E-state index contributed by atoms with van der Waals surface area (Å²) in [5.74, 6) is 0. The molecule has 7 heteroatoms. The van der Waals surface area contributed by atoms with Gasteiger partial charge in [0.15, 0.2) is 0 Å². The highest BCUT2D eigenvalue weighted by Crippen LogP contribution is 1.97. The van der Waals surface area contributed by atoms with Crippen LogP contribution in [0.4, 0.5) is 0 Å². The van der Waals surface area contributed by atoms with Gasteiger partial charge < -0.3 is 34.6 Å². The Morgan fingerprint density at radius 1 is 0.593 bits per heavy atom. The van der Waals surface area contributed by atoms with Gasteiger partial charge in [-0.15, -0.1) is 0 Å². The summed E-state index contributed by atoms with van der Waals surface area (Å²) < 4.78 is 15.1. The van der Waals surface area contributed by atoms with E-state index < -0.39 is 6.10 Å². The number of ether oxygens (including phenoxy) is 3. The van der Waals surface area contributed by atoms with Gasteiger partial charge in [-0.3, -0.25) is 0 Å². The zero-order chi connectivity index (χ0) is 21.0. The van der Waals surface area contributed by atoms with Crippen molar-refractivity contribution in [3.8, 4) is 0 Å². The number of unbranched alkanes of at least 4 members (excludes halogenated alkanes) is 3. The fourth-order valence-electron chi connectivity index (χ4n) is 1.58. The number of aliphatic hydroxyl groups is 4. The Morgan fingerprint density at radius 2 is 1.00 bits per heavy atom. The van der Waals surface area contributed by atoms with Gasteiger partial charge in [-0.2, -0.15) is 0 Å². The van der Waals surface area contributed by atoms with E-state index in [1.807, 2.05) is 0 Å². The Balaban J connectivity index is -0.000000322. The minimum atomic E-state index is -0.491. The highest BCUT2D eigenvalue weighted by molar-refractivity contribution is 4.50. The molecule has 0 amide bonds. The van der Waals surface area contributed by atoms with Gasteiger partial charge in [0.2, 0.25) is 0 Å². The number of aliphatic hydroxyl groups excluding tert-OH is 4. The first-order chi connectivity index (χ1) is 13.1. The largest absolute Gasteiger partial charge is 0.394 e. The lowest BCUT2D eigenvalue weighted by molar-refractivity contribution is 0.0222. The van der Waals surface area contributed by atoms with Crippen molar-refractivity contribution in [1.82, 2.24) is 0 Å². The Kier molecular flexibility index (Phi) is 38.8. The van der Waals surface area contributed by atoms with Crippen molar-refractivity contribution in [2.24, 2.45) is 0 Å². The zero-order valence-electron chi connectivity index (χ0n) is 17.9. The first-order valence-corrected chi connectivity index (χ1v) is 10.4. The summed E-state index contributed by atoms with van der Waals surface area (Å²) in [5, 5.41) is 33.6. The minimum absolute atomic E-state index is 0.0417. The van der Waals surface area contributed by atoms with Gasteiger partial charge in [-0.25, -0.2) is 0 Å². The van der Waals surface area contributed by atoms with Gasteiger partial charge in [-0.1, -0.05) is 46.5 Å². The summed E-state index contributed by atoms with van der Waals surface area (Å²) in [5.41, 5.74) is 0. The molecule has 0 heterocycles. The normalized spacial score (nSPS) is 11.2. The van der Waals surface area contributed by atoms with Crippen LogP contribution < -0.4 is 0 Å². The van der Waals surface area contributed by atoms with E-state index in [0.717, 1.165) is 32.5 Å². The third-order valence-corrected chi connectivity index (χ3v) is 3.23. The molecule has 1 unspecified atom stereocenters. The Hall–Kier alpha value is -0.280. The van der Waals surface area contributed by atoms with Gasteiger partial charge in [0, 0.05) is 13.2 Å². The van der Waals surface area contributed by atoms with Crippen LogP contribution in [0.15, 0.2) is 0 Å². The molecule has 0 aromatic carbocycles. The molecule has 0 radical (unpaired) electrons. The molecule has 4 N–H and O–H groups in total. The van der Waals surface area contributed by atoms with Crippen molar-refractivity contribution in [3.63, 3.8) is 0 Å². The van der Waals surface area contributed by atoms with Crippen LogP contribution in [0.3, 0.4) is 0 Å². The number of hydrogen-bond donors (Lipinski definition) is 4. The van der Waals surface area contributed by atoms with E-state index in [1.165, 1.54) is 25.7 Å². The highest BCUT2D eigenvalue weighted by atomic mass is 16.5. The average molecular weight is 399 g/mol. The summed E-state index contributed by atoms with van der Waals surface area (Å²) in [6, 6.07) is 0. The molecule has 168 valence electrons. The maximum atomic E-state index is 8.74. The lowest BCUT2D eigenvalue weighted by Crippen LogP contribution is -2.10. The van der Waals surface area contributed by atoms with Gasteiger partial charge in [-0.05, 0) is 19.3 Å². The minimum Gasteiger partial charge on any atom is -0.394 e. The first-order valence-electron chi connectivity index (χ1n) is 10.4. The monoisotopic (exact) mass is 398 g/mol. The van der Waals surface area contributed by atoms with Crippen LogP contribution in [0.5, 0.6) is 0 Å². The van der Waals surface area contributed by atoms with E-state index in [1.54, 1.807) is 0 Å². The summed E-state index contributed by atoms with van der Waals surface area (Å²) in [4.78, 5) is 0. The number of rotatable bonds is 17. The Morgan fingerprint density at radius 3 is 1.33 bits per heavy atom. The van der Waals surface area contributed by atoms with Gasteiger partial charge in [0.25, 0.3) is 0 Å². The standard InChI is InChI=1S/C8H18O.C6H14O4.C6H14O2/c1-3-5-7-9-8-6-4-2;7-1-3-9-5-6-10-4-2-8;1-2-3-4-6(8)5-7/h3-8H2,1-2H3;7-8H,1-6H2;6-8H,2-5H2,1H3. The summed E-state index contributed by atoms with van der Waals surface area (Å²) in [6.45, 7) is 9.97. The molecule has 0 saturated heterocycles. The molecule has 0 aliphatic heterocycles. The lowest BCUT2D eigenvalue weighted by Gasteiger charge is -2.02. The molecule has 0 saturated carbocycles. The SMILES string of the molecule is CCCCC(O)CO.CCCCOCCCC.OCCOCCOCCO. The topological polar surface area (TPSA) is 109 Å². The van der Waals surface area contributed by atoms with E-state index in [0.29, 0.717) is 26.4 Å². The molecule has 0 bridgehead atoms. The second-order valence-corrected chi connectivity index (χ2v) is 5.97. The first kappa shape index (κ1) is 31.4. The van der Waals surface area contributed by atoms with Crippen molar-refractivity contribution < 1.29 is 34.6 Å². The van der Waals surface area contributed by atoms with Crippen molar-refractivity contribution in [2.45, 2.75) is 71.8 Å². The summed E-state index contributed by atoms with van der Waals surface area (Å²) in [7, 11) is 0. The van der Waals surface area contributed by atoms with Crippen molar-refractivity contribution >= 4 is 0 Å². The van der Waals surface area contributed by atoms with Gasteiger partial charge >= 0.3 is 0 Å². The molecular weight excluding hydrogens is 352 g/mol. The molecule has 0 aliphatic rings. The lowest BCUT2D eigenvalue weighted by atomic mass is 10.2. The van der Waals surface area contributed by atoms with Crippen LogP contribution in [-0.4, -0.2) is 86.0 Å². The molecule has 27 heavy (non-hydrogen) atoms. The average Bonchev–Trinajstić information content (AvgIpc) is 2.69. The molecule has 0 aromatic heterocycles. The molecule has 0 rings (SSSR count). The van der Waals surface area contributed by atoms with E-state index in [4.69, 9.17) is 34.6 Å². The van der Waals surface area contributed by atoms with Crippen LogP contribution >= 0.6 is 0 Å². The molecule has 0 spiro atoms. The predicted octanol–water partition coefficient (Wildman–Crippen LogP) is 2.14. The fourth-order valence-corrected chi connectivity index (χ4v) is 1.58.